The molecule has 1 fully saturated rings. The first-order valence-corrected chi connectivity index (χ1v) is 8.98. The predicted molar refractivity (Wildman–Crippen MR) is 101 cm³/mol. The van der Waals surface area contributed by atoms with Crippen LogP contribution in [-0.4, -0.2) is 59.1 Å². The fourth-order valence-electron chi connectivity index (χ4n) is 3.36. The second kappa shape index (κ2) is 7.36. The number of carbonyl (C=O) groups excluding carboxylic acids is 1. The Bertz CT molecular complexity index is 948. The molecule has 0 aliphatic carbocycles. The van der Waals surface area contributed by atoms with Crippen molar-refractivity contribution in [1.82, 2.24) is 19.9 Å². The first-order valence-electron chi connectivity index (χ1n) is 8.98. The summed E-state index contributed by atoms with van der Waals surface area (Å²) in [5.41, 5.74) is 0.329. The van der Waals surface area contributed by atoms with Gasteiger partial charge in [-0.25, -0.2) is 0 Å². The van der Waals surface area contributed by atoms with E-state index >= 15 is 0 Å². The average Bonchev–Trinajstić information content (AvgIpc) is 3.35. The SMILES string of the molecule is CN(C)[C@H]1CCN(C(=O)c2cc(COc3cccc4cnccc34)on2)C1. The van der Waals surface area contributed by atoms with Crippen LogP contribution >= 0.6 is 0 Å². The summed E-state index contributed by atoms with van der Waals surface area (Å²) in [6.07, 6.45) is 4.50. The molecule has 1 saturated heterocycles. The van der Waals surface area contributed by atoms with Crippen LogP contribution in [0.25, 0.3) is 10.8 Å². The van der Waals surface area contributed by atoms with Crippen molar-refractivity contribution in [2.45, 2.75) is 19.1 Å². The van der Waals surface area contributed by atoms with Gasteiger partial charge >= 0.3 is 0 Å². The molecular weight excluding hydrogens is 344 g/mol. The van der Waals surface area contributed by atoms with Gasteiger partial charge in [-0.05, 0) is 32.6 Å². The van der Waals surface area contributed by atoms with E-state index in [9.17, 15) is 4.79 Å². The van der Waals surface area contributed by atoms with Crippen LogP contribution < -0.4 is 4.74 Å². The third-order valence-electron chi connectivity index (χ3n) is 4.97. The minimum atomic E-state index is -0.0921. The number of hydrogen-bond donors (Lipinski definition) is 0. The van der Waals surface area contributed by atoms with Crippen molar-refractivity contribution in [2.24, 2.45) is 0 Å². The third-order valence-corrected chi connectivity index (χ3v) is 4.97. The molecular formula is C20H22N4O3. The Balaban J connectivity index is 1.42. The molecule has 0 N–H and O–H groups in total. The van der Waals surface area contributed by atoms with E-state index in [-0.39, 0.29) is 12.5 Å². The number of carbonyl (C=O) groups is 1. The fourth-order valence-corrected chi connectivity index (χ4v) is 3.36. The summed E-state index contributed by atoms with van der Waals surface area (Å²) >= 11 is 0. The average molecular weight is 366 g/mol. The van der Waals surface area contributed by atoms with E-state index in [0.717, 1.165) is 29.5 Å². The van der Waals surface area contributed by atoms with Crippen LogP contribution in [0.3, 0.4) is 0 Å². The first kappa shape index (κ1) is 17.5. The summed E-state index contributed by atoms with van der Waals surface area (Å²) in [5, 5.41) is 5.92. The van der Waals surface area contributed by atoms with E-state index in [1.165, 1.54) is 0 Å². The van der Waals surface area contributed by atoms with Gasteiger partial charge in [-0.3, -0.25) is 9.78 Å². The molecule has 27 heavy (non-hydrogen) atoms. The largest absolute Gasteiger partial charge is 0.485 e. The van der Waals surface area contributed by atoms with Crippen LogP contribution in [0.5, 0.6) is 5.75 Å². The van der Waals surface area contributed by atoms with E-state index in [4.69, 9.17) is 9.26 Å². The number of amides is 1. The maximum atomic E-state index is 12.6. The number of likely N-dealkylation sites (N-methyl/N-ethyl adjacent to an activating group) is 1. The molecule has 7 nitrogen and oxygen atoms in total. The van der Waals surface area contributed by atoms with Crippen LogP contribution in [-0.2, 0) is 6.61 Å². The lowest BCUT2D eigenvalue weighted by molar-refractivity contribution is 0.0772. The van der Waals surface area contributed by atoms with E-state index in [0.29, 0.717) is 24.0 Å². The van der Waals surface area contributed by atoms with E-state index in [1.54, 1.807) is 18.5 Å². The van der Waals surface area contributed by atoms with Gasteiger partial charge in [0.25, 0.3) is 5.91 Å². The minimum Gasteiger partial charge on any atom is -0.485 e. The molecule has 0 radical (unpaired) electrons. The molecule has 1 aliphatic rings. The lowest BCUT2D eigenvalue weighted by Gasteiger charge is -2.19. The third kappa shape index (κ3) is 3.64. The van der Waals surface area contributed by atoms with Gasteiger partial charge in [-0.15, -0.1) is 0 Å². The smallest absolute Gasteiger partial charge is 0.276 e. The molecule has 3 aromatic rings. The van der Waals surface area contributed by atoms with Gasteiger partial charge in [0, 0.05) is 48.4 Å². The van der Waals surface area contributed by atoms with Crippen molar-refractivity contribution < 1.29 is 14.1 Å². The molecule has 1 amide bonds. The normalized spacial score (nSPS) is 17.0. The number of aromatic nitrogens is 2. The fraction of sp³-hybridized carbons (Fsp3) is 0.350. The number of nitrogens with zero attached hydrogens (tertiary/aromatic N) is 4. The Kier molecular flexibility index (Phi) is 4.77. The van der Waals surface area contributed by atoms with Gasteiger partial charge < -0.3 is 19.1 Å². The number of benzene rings is 1. The zero-order chi connectivity index (χ0) is 18.8. The Hall–Kier alpha value is -2.93. The standard InChI is InChI=1S/C20H22N4O3/c1-23(2)15-7-9-24(12-15)20(25)18-10-16(27-22-18)13-26-19-5-3-4-14-11-21-8-6-17(14)19/h3-6,8,10-11,15H,7,9,12-13H2,1-2H3/t15-/m0/s1. The van der Waals surface area contributed by atoms with Gasteiger partial charge in [0.1, 0.15) is 12.4 Å². The highest BCUT2D eigenvalue weighted by Crippen LogP contribution is 2.25. The van der Waals surface area contributed by atoms with Crippen LogP contribution in [0.15, 0.2) is 47.2 Å². The van der Waals surface area contributed by atoms with Crippen molar-refractivity contribution in [3.05, 3.63) is 54.2 Å². The van der Waals surface area contributed by atoms with Gasteiger partial charge in [0.2, 0.25) is 0 Å². The zero-order valence-corrected chi connectivity index (χ0v) is 15.5. The van der Waals surface area contributed by atoms with E-state index < -0.39 is 0 Å². The Morgan fingerprint density at radius 2 is 2.26 bits per heavy atom. The maximum absolute atomic E-state index is 12.6. The molecule has 0 unspecified atom stereocenters. The van der Waals surface area contributed by atoms with Gasteiger partial charge in [0.05, 0.1) is 0 Å². The zero-order valence-electron chi connectivity index (χ0n) is 15.5. The van der Waals surface area contributed by atoms with E-state index in [2.05, 4.69) is 15.0 Å². The van der Waals surface area contributed by atoms with Crippen molar-refractivity contribution in [2.75, 3.05) is 27.2 Å². The van der Waals surface area contributed by atoms with Crippen LogP contribution in [0, 0.1) is 0 Å². The summed E-state index contributed by atoms with van der Waals surface area (Å²) in [6.45, 7) is 1.67. The predicted octanol–water partition coefficient (Wildman–Crippen LogP) is 2.58. The summed E-state index contributed by atoms with van der Waals surface area (Å²) in [5.74, 6) is 1.17. The molecule has 4 rings (SSSR count). The number of hydrogen-bond acceptors (Lipinski definition) is 6. The topological polar surface area (TPSA) is 71.7 Å². The second-order valence-electron chi connectivity index (χ2n) is 6.98. The number of ether oxygens (including phenoxy) is 1. The summed E-state index contributed by atoms with van der Waals surface area (Å²) < 4.78 is 11.2. The minimum absolute atomic E-state index is 0.0921. The number of rotatable bonds is 5. The highest BCUT2D eigenvalue weighted by molar-refractivity contribution is 5.92. The Morgan fingerprint density at radius 3 is 3.07 bits per heavy atom. The lowest BCUT2D eigenvalue weighted by Crippen LogP contribution is -2.34. The first-order chi connectivity index (χ1) is 13.1. The highest BCUT2D eigenvalue weighted by atomic mass is 16.5. The highest BCUT2D eigenvalue weighted by Gasteiger charge is 2.29. The lowest BCUT2D eigenvalue weighted by atomic mass is 10.1. The molecule has 1 aliphatic heterocycles. The summed E-state index contributed by atoms with van der Waals surface area (Å²) in [4.78, 5) is 20.7. The molecule has 3 heterocycles. The molecule has 0 bridgehead atoms. The van der Waals surface area contributed by atoms with Crippen molar-refractivity contribution in [1.29, 1.82) is 0 Å². The van der Waals surface area contributed by atoms with Gasteiger partial charge in [0.15, 0.2) is 11.5 Å². The van der Waals surface area contributed by atoms with Crippen molar-refractivity contribution >= 4 is 16.7 Å². The summed E-state index contributed by atoms with van der Waals surface area (Å²) in [7, 11) is 4.07. The molecule has 7 heteroatoms. The number of pyridine rings is 1. The van der Waals surface area contributed by atoms with Crippen LogP contribution in [0.1, 0.15) is 22.7 Å². The number of likely N-dealkylation sites (tertiary alicyclic amines) is 1. The maximum Gasteiger partial charge on any atom is 0.276 e. The van der Waals surface area contributed by atoms with Crippen LogP contribution in [0.2, 0.25) is 0 Å². The molecule has 0 spiro atoms. The molecule has 140 valence electrons. The Morgan fingerprint density at radius 1 is 1.37 bits per heavy atom. The number of fused-ring (bicyclic) bond motifs is 1. The molecule has 2 aromatic heterocycles. The van der Waals surface area contributed by atoms with Crippen LogP contribution in [0.4, 0.5) is 0 Å². The monoisotopic (exact) mass is 366 g/mol. The molecule has 0 saturated carbocycles. The van der Waals surface area contributed by atoms with Crippen molar-refractivity contribution in [3.63, 3.8) is 0 Å². The van der Waals surface area contributed by atoms with E-state index in [1.807, 2.05) is 43.3 Å². The second-order valence-corrected chi connectivity index (χ2v) is 6.98. The quantitative estimate of drug-likeness (QED) is 0.691. The Labute approximate surface area is 157 Å². The molecule has 1 atom stereocenters. The van der Waals surface area contributed by atoms with Gasteiger partial charge in [-0.1, -0.05) is 17.3 Å². The van der Waals surface area contributed by atoms with Crippen molar-refractivity contribution in [3.8, 4) is 5.75 Å². The van der Waals surface area contributed by atoms with Gasteiger partial charge in [-0.2, -0.15) is 0 Å². The summed E-state index contributed by atoms with van der Waals surface area (Å²) in [6, 6.07) is 9.77. The molecule has 1 aromatic carbocycles.